The summed E-state index contributed by atoms with van der Waals surface area (Å²) >= 11 is 2.71. The van der Waals surface area contributed by atoms with Crippen LogP contribution in [0.2, 0.25) is 0 Å². The summed E-state index contributed by atoms with van der Waals surface area (Å²) in [5.74, 6) is 0.748. The highest BCUT2D eigenvalue weighted by atomic mass is 32.2. The molecule has 158 valence electrons. The summed E-state index contributed by atoms with van der Waals surface area (Å²) in [6.45, 7) is 6.29. The molecular weight excluding hydrogens is 426 g/mol. The van der Waals surface area contributed by atoms with Crippen molar-refractivity contribution in [3.8, 4) is 22.6 Å². The molecule has 0 aliphatic rings. The van der Waals surface area contributed by atoms with Crippen LogP contribution >= 0.6 is 23.1 Å². The lowest BCUT2D eigenvalue weighted by Crippen LogP contribution is -2.15. The molecule has 0 saturated heterocycles. The highest BCUT2D eigenvalue weighted by molar-refractivity contribution is 7.99. The topological polar surface area (TPSA) is 68.0 Å². The van der Waals surface area contributed by atoms with E-state index in [1.807, 2.05) is 66.0 Å². The number of nitrogens with one attached hydrogen (secondary N) is 1. The molecule has 31 heavy (non-hydrogen) atoms. The predicted molar refractivity (Wildman–Crippen MR) is 128 cm³/mol. The Morgan fingerprint density at radius 1 is 1.00 bits per heavy atom. The van der Waals surface area contributed by atoms with Crippen LogP contribution in [-0.4, -0.2) is 21.6 Å². The van der Waals surface area contributed by atoms with Crippen LogP contribution in [0.4, 0.5) is 5.13 Å². The summed E-state index contributed by atoms with van der Waals surface area (Å²) in [5, 5.41) is 5.92. The van der Waals surface area contributed by atoms with Gasteiger partial charge in [0.25, 0.3) is 5.22 Å². The molecule has 0 atom stereocenters. The zero-order chi connectivity index (χ0) is 21.8. The van der Waals surface area contributed by atoms with Gasteiger partial charge in [0.1, 0.15) is 5.69 Å². The first-order chi connectivity index (χ1) is 14.9. The van der Waals surface area contributed by atoms with Crippen LogP contribution in [0, 0.1) is 0 Å². The normalized spacial score (nSPS) is 11.5. The number of rotatable bonds is 6. The van der Waals surface area contributed by atoms with Crippen molar-refractivity contribution in [2.24, 2.45) is 0 Å². The quantitative estimate of drug-likeness (QED) is 0.341. The number of hydrogen-bond acceptors (Lipinski definition) is 6. The Hall–Kier alpha value is -2.90. The van der Waals surface area contributed by atoms with Crippen LogP contribution in [0.5, 0.6) is 0 Å². The molecule has 2 aromatic heterocycles. The molecule has 2 heterocycles. The number of benzene rings is 2. The van der Waals surface area contributed by atoms with Crippen molar-refractivity contribution in [1.82, 2.24) is 9.97 Å². The van der Waals surface area contributed by atoms with Gasteiger partial charge < -0.3 is 9.73 Å². The van der Waals surface area contributed by atoms with Crippen molar-refractivity contribution in [3.05, 3.63) is 71.7 Å². The Morgan fingerprint density at radius 3 is 2.26 bits per heavy atom. The first kappa shape index (κ1) is 21.3. The summed E-state index contributed by atoms with van der Waals surface area (Å²) in [6.07, 6.45) is 0. The Morgan fingerprint density at radius 2 is 1.65 bits per heavy atom. The van der Waals surface area contributed by atoms with Gasteiger partial charge >= 0.3 is 0 Å². The fourth-order valence-corrected chi connectivity index (χ4v) is 4.48. The van der Waals surface area contributed by atoms with Gasteiger partial charge in [0.15, 0.2) is 10.9 Å². The van der Waals surface area contributed by atoms with Crippen LogP contribution in [-0.2, 0) is 10.2 Å². The molecule has 2 aromatic carbocycles. The summed E-state index contributed by atoms with van der Waals surface area (Å²) in [6, 6.07) is 19.8. The van der Waals surface area contributed by atoms with Crippen LogP contribution in [0.25, 0.3) is 22.6 Å². The number of thiazole rings is 1. The van der Waals surface area contributed by atoms with Crippen LogP contribution in [0.15, 0.2) is 75.7 Å². The van der Waals surface area contributed by atoms with Gasteiger partial charge in [0.05, 0.1) is 11.4 Å². The number of oxazole rings is 1. The van der Waals surface area contributed by atoms with Crippen molar-refractivity contribution in [1.29, 1.82) is 0 Å². The second-order valence-electron chi connectivity index (χ2n) is 8.01. The molecule has 4 aromatic rings. The third kappa shape index (κ3) is 5.24. The second kappa shape index (κ2) is 9.08. The minimum atomic E-state index is -0.138. The first-order valence-electron chi connectivity index (χ1n) is 9.90. The number of thioether (sulfide) groups is 1. The van der Waals surface area contributed by atoms with E-state index in [0.717, 1.165) is 22.5 Å². The van der Waals surface area contributed by atoms with E-state index in [4.69, 9.17) is 4.42 Å². The van der Waals surface area contributed by atoms with E-state index in [1.165, 1.54) is 23.1 Å². The van der Waals surface area contributed by atoms with Crippen LogP contribution < -0.4 is 5.32 Å². The molecule has 4 rings (SSSR count). The summed E-state index contributed by atoms with van der Waals surface area (Å²) < 4.78 is 6.06. The molecule has 0 spiro atoms. The number of aromatic nitrogens is 2. The molecule has 1 N–H and O–H groups in total. The van der Waals surface area contributed by atoms with E-state index in [-0.39, 0.29) is 17.1 Å². The van der Waals surface area contributed by atoms with Crippen molar-refractivity contribution in [2.75, 3.05) is 11.1 Å². The monoisotopic (exact) mass is 449 g/mol. The van der Waals surface area contributed by atoms with Gasteiger partial charge in [0.2, 0.25) is 5.91 Å². The Kier molecular flexibility index (Phi) is 6.25. The van der Waals surface area contributed by atoms with Gasteiger partial charge in [-0.25, -0.2) is 9.97 Å². The lowest BCUT2D eigenvalue weighted by molar-refractivity contribution is -0.113. The summed E-state index contributed by atoms with van der Waals surface area (Å²) in [5.41, 5.74) is 3.60. The van der Waals surface area contributed by atoms with Gasteiger partial charge in [-0.3, -0.25) is 4.79 Å². The minimum Gasteiger partial charge on any atom is -0.431 e. The van der Waals surface area contributed by atoms with E-state index in [9.17, 15) is 4.79 Å². The van der Waals surface area contributed by atoms with Gasteiger partial charge in [-0.1, -0.05) is 93.2 Å². The maximum Gasteiger partial charge on any atom is 0.257 e. The van der Waals surface area contributed by atoms with E-state index < -0.39 is 0 Å². The molecule has 0 bridgehead atoms. The molecule has 0 aliphatic heterocycles. The van der Waals surface area contributed by atoms with E-state index in [2.05, 4.69) is 36.1 Å². The molecule has 5 nitrogen and oxygen atoms in total. The zero-order valence-corrected chi connectivity index (χ0v) is 19.2. The number of anilines is 1. The van der Waals surface area contributed by atoms with E-state index in [0.29, 0.717) is 16.1 Å². The van der Waals surface area contributed by atoms with E-state index >= 15 is 0 Å². The highest BCUT2D eigenvalue weighted by Gasteiger charge is 2.20. The zero-order valence-electron chi connectivity index (χ0n) is 17.6. The number of carbonyl (C=O) groups excluding carboxylic acids is 1. The minimum absolute atomic E-state index is 0.0476. The molecular formula is C24H23N3O2S2. The molecule has 7 heteroatoms. The van der Waals surface area contributed by atoms with Crippen molar-refractivity contribution < 1.29 is 9.21 Å². The average molecular weight is 450 g/mol. The van der Waals surface area contributed by atoms with Crippen molar-refractivity contribution in [3.63, 3.8) is 0 Å². The standard InChI is InChI=1S/C24H23N3O2S2/c1-24(2,3)18-14-30-22(25-18)26-19(28)15-31-23-27-20(16-10-6-4-7-11-16)21(29-23)17-12-8-5-9-13-17/h4-14H,15H2,1-3H3,(H,25,26,28). The molecule has 0 aliphatic carbocycles. The first-order valence-corrected chi connectivity index (χ1v) is 11.8. The Labute approximate surface area is 190 Å². The molecule has 0 fully saturated rings. The van der Waals surface area contributed by atoms with Gasteiger partial charge in [-0.15, -0.1) is 11.3 Å². The molecule has 0 radical (unpaired) electrons. The SMILES string of the molecule is CC(C)(C)c1csc(NC(=O)CSc2nc(-c3ccccc3)c(-c3ccccc3)o2)n1. The molecule has 1 amide bonds. The lowest BCUT2D eigenvalue weighted by Gasteiger charge is -2.14. The number of hydrogen-bond donors (Lipinski definition) is 1. The van der Waals surface area contributed by atoms with Gasteiger partial charge in [-0.05, 0) is 0 Å². The maximum atomic E-state index is 12.4. The fraction of sp³-hybridized carbons (Fsp3) is 0.208. The average Bonchev–Trinajstić information content (AvgIpc) is 3.41. The van der Waals surface area contributed by atoms with Crippen molar-refractivity contribution in [2.45, 2.75) is 31.4 Å². The van der Waals surface area contributed by atoms with E-state index in [1.54, 1.807) is 0 Å². The van der Waals surface area contributed by atoms with Gasteiger partial charge in [0, 0.05) is 21.9 Å². The lowest BCUT2D eigenvalue weighted by atomic mass is 9.93. The summed E-state index contributed by atoms with van der Waals surface area (Å²) in [7, 11) is 0. The summed E-state index contributed by atoms with van der Waals surface area (Å²) in [4.78, 5) is 21.6. The highest BCUT2D eigenvalue weighted by Crippen LogP contribution is 2.35. The van der Waals surface area contributed by atoms with Crippen molar-refractivity contribution >= 4 is 34.1 Å². The Balaban J connectivity index is 1.49. The third-order valence-electron chi connectivity index (χ3n) is 4.54. The van der Waals surface area contributed by atoms with Crippen LogP contribution in [0.1, 0.15) is 26.5 Å². The van der Waals surface area contributed by atoms with Crippen LogP contribution in [0.3, 0.4) is 0 Å². The fourth-order valence-electron chi connectivity index (χ4n) is 2.90. The van der Waals surface area contributed by atoms with Gasteiger partial charge in [-0.2, -0.15) is 0 Å². The number of carbonyl (C=O) groups is 1. The molecule has 0 saturated carbocycles. The molecule has 0 unspecified atom stereocenters. The smallest absolute Gasteiger partial charge is 0.257 e. The maximum absolute atomic E-state index is 12.4. The number of nitrogens with zero attached hydrogens (tertiary/aromatic N) is 2. The number of amides is 1. The predicted octanol–water partition coefficient (Wildman–Crippen LogP) is 6.49. The Bertz CT molecular complexity index is 1110. The second-order valence-corrected chi connectivity index (χ2v) is 9.80. The largest absolute Gasteiger partial charge is 0.431 e. The third-order valence-corrected chi connectivity index (χ3v) is 6.12.